The first-order chi connectivity index (χ1) is 6.83. The first kappa shape index (κ1) is 9.87. The van der Waals surface area contributed by atoms with Crippen LogP contribution in [0.1, 0.15) is 11.5 Å². The fourth-order valence-electron chi connectivity index (χ4n) is 2.09. The number of thiol groups is 1. The van der Waals surface area contributed by atoms with Crippen LogP contribution in [-0.4, -0.2) is 23.9 Å². The number of benzene rings is 1. The Hall–Kier alpha value is -0.670. The predicted octanol–water partition coefficient (Wildman–Crippen LogP) is 1.62. The van der Waals surface area contributed by atoms with Gasteiger partial charge in [-0.2, -0.15) is 12.6 Å². The highest BCUT2D eigenvalue weighted by molar-refractivity contribution is 7.80. The standard InChI is InChI=1S/C11H15NOS/c13-11-4-2-1-3-9(11)10-6-12-5-8(10)7-14/h1-4,8,10,12-14H,5-7H2. The zero-order valence-electron chi connectivity index (χ0n) is 7.98. The fourth-order valence-corrected chi connectivity index (χ4v) is 2.47. The van der Waals surface area contributed by atoms with Gasteiger partial charge in [-0.3, -0.25) is 0 Å². The Morgan fingerprint density at radius 1 is 1.36 bits per heavy atom. The molecule has 2 N–H and O–H groups in total. The van der Waals surface area contributed by atoms with Gasteiger partial charge in [0, 0.05) is 12.5 Å². The highest BCUT2D eigenvalue weighted by Gasteiger charge is 2.28. The summed E-state index contributed by atoms with van der Waals surface area (Å²) in [4.78, 5) is 0. The van der Waals surface area contributed by atoms with E-state index in [0.29, 0.717) is 17.6 Å². The van der Waals surface area contributed by atoms with Crippen molar-refractivity contribution >= 4 is 12.6 Å². The summed E-state index contributed by atoms with van der Waals surface area (Å²) in [5.74, 6) is 2.22. The molecule has 0 aromatic heterocycles. The third-order valence-electron chi connectivity index (χ3n) is 2.91. The first-order valence-electron chi connectivity index (χ1n) is 4.92. The van der Waals surface area contributed by atoms with E-state index in [-0.39, 0.29) is 0 Å². The van der Waals surface area contributed by atoms with Gasteiger partial charge in [-0.05, 0) is 29.8 Å². The van der Waals surface area contributed by atoms with Gasteiger partial charge < -0.3 is 10.4 Å². The molecule has 3 heteroatoms. The SMILES string of the molecule is Oc1ccccc1C1CNCC1CS. The summed E-state index contributed by atoms with van der Waals surface area (Å²) in [5, 5.41) is 13.1. The highest BCUT2D eigenvalue weighted by Crippen LogP contribution is 2.33. The van der Waals surface area contributed by atoms with E-state index in [4.69, 9.17) is 0 Å². The van der Waals surface area contributed by atoms with E-state index in [1.165, 1.54) is 0 Å². The van der Waals surface area contributed by atoms with Crippen LogP contribution in [0.5, 0.6) is 5.75 Å². The van der Waals surface area contributed by atoms with E-state index >= 15 is 0 Å². The highest BCUT2D eigenvalue weighted by atomic mass is 32.1. The van der Waals surface area contributed by atoms with Crippen LogP contribution in [0.15, 0.2) is 24.3 Å². The second kappa shape index (κ2) is 4.24. The summed E-state index contributed by atoms with van der Waals surface area (Å²) in [6, 6.07) is 7.59. The molecule has 1 aromatic carbocycles. The Morgan fingerprint density at radius 2 is 2.14 bits per heavy atom. The molecular formula is C11H15NOS. The van der Waals surface area contributed by atoms with E-state index in [0.717, 1.165) is 24.4 Å². The fraction of sp³-hybridized carbons (Fsp3) is 0.455. The maximum absolute atomic E-state index is 9.73. The molecule has 1 saturated heterocycles. The minimum absolute atomic E-state index is 0.410. The van der Waals surface area contributed by atoms with Crippen LogP contribution < -0.4 is 5.32 Å². The van der Waals surface area contributed by atoms with E-state index in [1.54, 1.807) is 6.07 Å². The number of para-hydroxylation sites is 1. The lowest BCUT2D eigenvalue weighted by Crippen LogP contribution is -2.12. The van der Waals surface area contributed by atoms with Crippen molar-refractivity contribution < 1.29 is 5.11 Å². The van der Waals surface area contributed by atoms with Crippen LogP contribution in [0, 0.1) is 5.92 Å². The van der Waals surface area contributed by atoms with Crippen LogP contribution in [0.25, 0.3) is 0 Å². The molecule has 1 heterocycles. The molecule has 2 rings (SSSR count). The van der Waals surface area contributed by atoms with Crippen molar-refractivity contribution in [2.45, 2.75) is 5.92 Å². The molecule has 0 amide bonds. The van der Waals surface area contributed by atoms with Gasteiger partial charge in [0.15, 0.2) is 0 Å². The topological polar surface area (TPSA) is 32.3 Å². The van der Waals surface area contributed by atoms with Gasteiger partial charge in [0.05, 0.1) is 0 Å². The molecule has 0 radical (unpaired) electrons. The van der Waals surface area contributed by atoms with Gasteiger partial charge in [0.25, 0.3) is 0 Å². The molecule has 1 aromatic rings. The lowest BCUT2D eigenvalue weighted by molar-refractivity contribution is 0.453. The first-order valence-corrected chi connectivity index (χ1v) is 5.55. The molecule has 0 saturated carbocycles. The average Bonchev–Trinajstić information content (AvgIpc) is 2.66. The van der Waals surface area contributed by atoms with Crippen molar-refractivity contribution in [3.63, 3.8) is 0 Å². The van der Waals surface area contributed by atoms with Crippen LogP contribution in [0.4, 0.5) is 0 Å². The number of hydrogen-bond acceptors (Lipinski definition) is 3. The zero-order valence-corrected chi connectivity index (χ0v) is 8.87. The third-order valence-corrected chi connectivity index (χ3v) is 3.38. The van der Waals surface area contributed by atoms with Crippen LogP contribution in [0.3, 0.4) is 0 Å². The van der Waals surface area contributed by atoms with E-state index in [1.807, 2.05) is 18.2 Å². The number of phenolic OH excluding ortho intramolecular Hbond substituents is 1. The normalized spacial score (nSPS) is 26.6. The van der Waals surface area contributed by atoms with Crippen molar-refractivity contribution in [3.05, 3.63) is 29.8 Å². The Bertz CT molecular complexity index is 316. The van der Waals surface area contributed by atoms with Crippen LogP contribution >= 0.6 is 12.6 Å². The summed E-state index contributed by atoms with van der Waals surface area (Å²) >= 11 is 4.34. The Morgan fingerprint density at radius 3 is 2.86 bits per heavy atom. The van der Waals surface area contributed by atoms with Gasteiger partial charge in [0.2, 0.25) is 0 Å². The molecule has 2 unspecified atom stereocenters. The molecule has 2 atom stereocenters. The molecule has 0 aliphatic carbocycles. The van der Waals surface area contributed by atoms with Crippen molar-refractivity contribution in [1.29, 1.82) is 0 Å². The molecule has 1 aliphatic rings. The van der Waals surface area contributed by atoms with Crippen molar-refractivity contribution in [3.8, 4) is 5.75 Å². The maximum atomic E-state index is 9.73. The van der Waals surface area contributed by atoms with Gasteiger partial charge >= 0.3 is 0 Å². The zero-order chi connectivity index (χ0) is 9.97. The molecular weight excluding hydrogens is 194 g/mol. The van der Waals surface area contributed by atoms with Crippen molar-refractivity contribution in [1.82, 2.24) is 5.32 Å². The van der Waals surface area contributed by atoms with E-state index in [9.17, 15) is 5.11 Å². The summed E-state index contributed by atoms with van der Waals surface area (Å²) in [5.41, 5.74) is 1.05. The molecule has 2 nitrogen and oxygen atoms in total. The lowest BCUT2D eigenvalue weighted by Gasteiger charge is -2.17. The maximum Gasteiger partial charge on any atom is 0.119 e. The van der Waals surface area contributed by atoms with Crippen LogP contribution in [-0.2, 0) is 0 Å². The summed E-state index contributed by atoms with van der Waals surface area (Å²) < 4.78 is 0. The smallest absolute Gasteiger partial charge is 0.119 e. The number of hydrogen-bond donors (Lipinski definition) is 3. The molecule has 1 aliphatic heterocycles. The minimum Gasteiger partial charge on any atom is -0.508 e. The van der Waals surface area contributed by atoms with Crippen LogP contribution in [0.2, 0.25) is 0 Å². The Balaban J connectivity index is 2.26. The molecule has 76 valence electrons. The largest absolute Gasteiger partial charge is 0.508 e. The molecule has 0 spiro atoms. The summed E-state index contributed by atoms with van der Waals surface area (Å²) in [7, 11) is 0. The van der Waals surface area contributed by atoms with E-state index in [2.05, 4.69) is 17.9 Å². The lowest BCUT2D eigenvalue weighted by atomic mass is 9.89. The Kier molecular flexibility index (Phi) is 2.99. The van der Waals surface area contributed by atoms with Gasteiger partial charge in [-0.15, -0.1) is 0 Å². The van der Waals surface area contributed by atoms with Gasteiger partial charge in [-0.25, -0.2) is 0 Å². The second-order valence-electron chi connectivity index (χ2n) is 3.77. The number of rotatable bonds is 2. The van der Waals surface area contributed by atoms with Crippen molar-refractivity contribution in [2.75, 3.05) is 18.8 Å². The minimum atomic E-state index is 0.410. The number of aromatic hydroxyl groups is 1. The third kappa shape index (κ3) is 1.74. The molecule has 0 bridgehead atoms. The molecule has 14 heavy (non-hydrogen) atoms. The van der Waals surface area contributed by atoms with Gasteiger partial charge in [-0.1, -0.05) is 18.2 Å². The van der Waals surface area contributed by atoms with Crippen molar-refractivity contribution in [2.24, 2.45) is 5.92 Å². The monoisotopic (exact) mass is 209 g/mol. The Labute approximate surface area is 89.7 Å². The second-order valence-corrected chi connectivity index (χ2v) is 4.13. The quantitative estimate of drug-likeness (QED) is 0.647. The summed E-state index contributed by atoms with van der Waals surface area (Å²) in [6.45, 7) is 1.95. The summed E-state index contributed by atoms with van der Waals surface area (Å²) in [6.07, 6.45) is 0. The predicted molar refractivity (Wildman–Crippen MR) is 61.1 cm³/mol. The number of nitrogens with one attached hydrogen (secondary N) is 1. The number of phenols is 1. The van der Waals surface area contributed by atoms with E-state index < -0.39 is 0 Å². The average molecular weight is 209 g/mol. The van der Waals surface area contributed by atoms with Gasteiger partial charge in [0.1, 0.15) is 5.75 Å². The molecule has 1 fully saturated rings.